The number of urea groups is 1. The number of ether oxygens (including phenoxy) is 1. The second kappa shape index (κ2) is 8.06. The van der Waals surface area contributed by atoms with Gasteiger partial charge in [0.15, 0.2) is 11.5 Å². The predicted octanol–water partition coefficient (Wildman–Crippen LogP) is 0.0613. The van der Waals surface area contributed by atoms with Gasteiger partial charge in [0.1, 0.15) is 5.75 Å². The van der Waals surface area contributed by atoms with Crippen LogP contribution in [0.3, 0.4) is 0 Å². The normalized spacial score (nSPS) is 15.1. The van der Waals surface area contributed by atoms with Crippen molar-refractivity contribution in [3.05, 3.63) is 67.4 Å². The Kier molecular flexibility index (Phi) is 5.19. The van der Waals surface area contributed by atoms with Crippen molar-refractivity contribution in [2.45, 2.75) is 26.4 Å². The van der Waals surface area contributed by atoms with Crippen molar-refractivity contribution in [1.29, 1.82) is 0 Å². The number of aliphatic hydroxyl groups is 1. The van der Waals surface area contributed by atoms with Gasteiger partial charge in [-0.3, -0.25) is 34.6 Å². The van der Waals surface area contributed by atoms with Gasteiger partial charge in [-0.1, -0.05) is 17.7 Å². The summed E-state index contributed by atoms with van der Waals surface area (Å²) in [6.07, 6.45) is 0. The molecular formula is C24H20N6O7. The number of nitrogens with one attached hydrogen (secondary N) is 3. The highest BCUT2D eigenvalue weighted by Gasteiger charge is 2.52. The number of nitrogens with zero attached hydrogens (tertiary/aromatic N) is 3. The largest absolute Gasteiger partial charge is 0.496 e. The SMILES string of the molecule is COc1cc2c(cc1C1(O)C(=O)NC(=O)NC1=O)nc1c(=O)[nH]c(=O)nc-1n2-c1c(C)cc(C)cc1C. The highest BCUT2D eigenvalue weighted by atomic mass is 16.5. The number of benzene rings is 2. The van der Waals surface area contributed by atoms with Crippen LogP contribution in [0.25, 0.3) is 28.2 Å². The summed E-state index contributed by atoms with van der Waals surface area (Å²) in [5, 5.41) is 14.9. The zero-order valence-electron chi connectivity index (χ0n) is 20.0. The third-order valence-electron chi connectivity index (χ3n) is 6.20. The summed E-state index contributed by atoms with van der Waals surface area (Å²) in [4.78, 5) is 72.2. The lowest BCUT2D eigenvalue weighted by molar-refractivity contribution is -0.155. The second-order valence-electron chi connectivity index (χ2n) is 8.73. The highest BCUT2D eigenvalue weighted by molar-refractivity contribution is 6.22. The van der Waals surface area contributed by atoms with Crippen LogP contribution in [-0.2, 0) is 15.2 Å². The summed E-state index contributed by atoms with van der Waals surface area (Å²) in [6, 6.07) is 5.36. The zero-order valence-corrected chi connectivity index (χ0v) is 20.0. The van der Waals surface area contributed by atoms with Gasteiger partial charge in [-0.25, -0.2) is 14.6 Å². The standard InChI is InChI=1S/C24H20N6O7/c1-9-5-10(2)17(11(3)6-9)30-14-8-15(37-4)12(24(36)20(32)28-23(35)29-21(24)33)7-13(14)25-16-18(30)26-22(34)27-19(16)31/h5-8,36H,1-4H3,(H,27,31,34)(H2,28,29,32,33,35). The molecule has 3 heterocycles. The smallest absolute Gasteiger partial charge is 0.349 e. The fourth-order valence-corrected chi connectivity index (χ4v) is 4.72. The molecule has 13 nitrogen and oxygen atoms in total. The van der Waals surface area contributed by atoms with Crippen LogP contribution in [0, 0.1) is 20.8 Å². The van der Waals surface area contributed by atoms with Gasteiger partial charge in [0.2, 0.25) is 0 Å². The van der Waals surface area contributed by atoms with Crippen LogP contribution in [0.5, 0.6) is 5.75 Å². The predicted molar refractivity (Wildman–Crippen MR) is 129 cm³/mol. The van der Waals surface area contributed by atoms with E-state index in [-0.39, 0.29) is 28.3 Å². The summed E-state index contributed by atoms with van der Waals surface area (Å²) in [5.74, 6) is -2.69. The van der Waals surface area contributed by atoms with E-state index in [1.54, 1.807) is 4.57 Å². The summed E-state index contributed by atoms with van der Waals surface area (Å²) in [7, 11) is 1.26. The van der Waals surface area contributed by atoms with E-state index < -0.39 is 34.7 Å². The molecule has 4 N–H and O–H groups in total. The molecule has 188 valence electrons. The highest BCUT2D eigenvalue weighted by Crippen LogP contribution is 2.38. The molecule has 0 aliphatic carbocycles. The Morgan fingerprint density at radius 3 is 2.14 bits per heavy atom. The van der Waals surface area contributed by atoms with E-state index in [9.17, 15) is 29.1 Å². The Labute approximate surface area is 207 Å². The first-order valence-electron chi connectivity index (χ1n) is 11.0. The lowest BCUT2D eigenvalue weighted by Gasteiger charge is -2.30. The first-order valence-corrected chi connectivity index (χ1v) is 11.0. The van der Waals surface area contributed by atoms with E-state index in [2.05, 4.69) is 15.0 Å². The van der Waals surface area contributed by atoms with Crippen LogP contribution in [0.4, 0.5) is 4.79 Å². The van der Waals surface area contributed by atoms with Gasteiger partial charge in [-0.15, -0.1) is 0 Å². The monoisotopic (exact) mass is 504 g/mol. The van der Waals surface area contributed by atoms with Crippen molar-refractivity contribution < 1.29 is 24.2 Å². The number of hydrogen-bond acceptors (Lipinski definition) is 9. The molecule has 5 rings (SSSR count). The molecule has 3 aliphatic heterocycles. The molecule has 4 amide bonds. The fraction of sp³-hybridized carbons (Fsp3) is 0.208. The Bertz CT molecular complexity index is 1730. The van der Waals surface area contributed by atoms with Crippen molar-refractivity contribution in [1.82, 2.24) is 30.2 Å². The van der Waals surface area contributed by atoms with E-state index in [0.717, 1.165) is 16.7 Å². The van der Waals surface area contributed by atoms with Crippen molar-refractivity contribution in [2.75, 3.05) is 7.11 Å². The summed E-state index contributed by atoms with van der Waals surface area (Å²) < 4.78 is 7.00. The molecule has 0 aromatic heterocycles. The van der Waals surface area contributed by atoms with Crippen LogP contribution in [0.2, 0.25) is 0 Å². The average molecular weight is 504 g/mol. The number of aryl methyl sites for hydroxylation is 3. The topological polar surface area (TPSA) is 185 Å². The Morgan fingerprint density at radius 1 is 0.919 bits per heavy atom. The van der Waals surface area contributed by atoms with Gasteiger partial charge in [0, 0.05) is 11.6 Å². The van der Waals surface area contributed by atoms with E-state index in [1.807, 2.05) is 43.5 Å². The van der Waals surface area contributed by atoms with E-state index in [4.69, 9.17) is 4.74 Å². The Morgan fingerprint density at radius 2 is 1.54 bits per heavy atom. The molecule has 1 saturated heterocycles. The fourth-order valence-electron chi connectivity index (χ4n) is 4.72. The van der Waals surface area contributed by atoms with Crippen LogP contribution >= 0.6 is 0 Å². The van der Waals surface area contributed by atoms with Gasteiger partial charge in [-0.05, 0) is 38.0 Å². The molecule has 0 saturated carbocycles. The number of barbiturate groups is 1. The zero-order chi connectivity index (χ0) is 26.8. The molecule has 0 bridgehead atoms. The molecule has 1 fully saturated rings. The molecule has 13 heteroatoms. The third-order valence-corrected chi connectivity index (χ3v) is 6.20. The lowest BCUT2D eigenvalue weighted by atomic mass is 9.89. The van der Waals surface area contributed by atoms with Gasteiger partial charge >= 0.3 is 11.7 Å². The third kappa shape index (κ3) is 3.47. The lowest BCUT2D eigenvalue weighted by Crippen LogP contribution is -2.64. The maximum atomic E-state index is 12.8. The minimum atomic E-state index is -2.84. The van der Waals surface area contributed by atoms with E-state index in [0.29, 0.717) is 11.2 Å². The first kappa shape index (κ1) is 23.8. The minimum Gasteiger partial charge on any atom is -0.496 e. The maximum Gasteiger partial charge on any atom is 0.349 e. The molecule has 0 atom stereocenters. The molecule has 2 aromatic rings. The average Bonchev–Trinajstić information content (AvgIpc) is 2.81. The Hall–Kier alpha value is -4.91. The van der Waals surface area contributed by atoms with E-state index in [1.165, 1.54) is 19.2 Å². The number of methoxy groups -OCH3 is 1. The van der Waals surface area contributed by atoms with Gasteiger partial charge in [0.05, 0.1) is 23.8 Å². The quantitative estimate of drug-likeness (QED) is 0.221. The molecule has 2 aromatic carbocycles. The number of hydrogen-bond donors (Lipinski definition) is 4. The number of carbonyl (C=O) groups is 3. The van der Waals surface area contributed by atoms with Crippen LogP contribution < -0.4 is 26.6 Å². The van der Waals surface area contributed by atoms with Crippen molar-refractivity contribution in [3.8, 4) is 23.0 Å². The Balaban J connectivity index is 1.96. The number of H-pyrrole nitrogens is 1. The number of aromatic nitrogens is 4. The van der Waals surface area contributed by atoms with Gasteiger partial charge in [0.25, 0.3) is 23.0 Å². The summed E-state index contributed by atoms with van der Waals surface area (Å²) in [5.41, 5.74) is -1.43. The van der Waals surface area contributed by atoms with E-state index >= 15 is 0 Å². The molecule has 0 spiro atoms. The minimum absolute atomic E-state index is 0.0245. The molecule has 37 heavy (non-hydrogen) atoms. The molecule has 3 aliphatic rings. The number of fused-ring (bicyclic) bond motifs is 2. The summed E-state index contributed by atoms with van der Waals surface area (Å²) in [6.45, 7) is 5.64. The molecule has 0 unspecified atom stereocenters. The summed E-state index contributed by atoms with van der Waals surface area (Å²) >= 11 is 0. The number of aromatic amines is 1. The first-order chi connectivity index (χ1) is 17.4. The molecule has 0 radical (unpaired) electrons. The van der Waals surface area contributed by atoms with Crippen LogP contribution in [-0.4, -0.2) is 49.6 Å². The van der Waals surface area contributed by atoms with Crippen LogP contribution in [0.1, 0.15) is 22.3 Å². The van der Waals surface area contributed by atoms with Gasteiger partial charge < -0.3 is 9.84 Å². The number of imide groups is 2. The number of amides is 4. The number of rotatable bonds is 3. The van der Waals surface area contributed by atoms with Crippen LogP contribution in [0.15, 0.2) is 33.9 Å². The van der Waals surface area contributed by atoms with Gasteiger partial charge in [-0.2, -0.15) is 4.98 Å². The van der Waals surface area contributed by atoms with Crippen molar-refractivity contribution in [2.24, 2.45) is 0 Å². The second-order valence-corrected chi connectivity index (χ2v) is 8.73. The number of carbonyl (C=O) groups excluding carboxylic acids is 3. The van der Waals surface area contributed by atoms with Crippen molar-refractivity contribution >= 4 is 28.9 Å². The molecular weight excluding hydrogens is 484 g/mol. The maximum absolute atomic E-state index is 12.8. The van der Waals surface area contributed by atoms with Crippen molar-refractivity contribution in [3.63, 3.8) is 0 Å².